The summed E-state index contributed by atoms with van der Waals surface area (Å²) in [7, 11) is 2.00. The van der Waals surface area contributed by atoms with Crippen molar-refractivity contribution in [3.63, 3.8) is 0 Å². The molecule has 0 fully saturated rings. The Labute approximate surface area is 151 Å². The molecular formula is C18H23FIrNO2-. The fourth-order valence-corrected chi connectivity index (χ4v) is 2.98. The fraction of sp³-hybridized carbons (Fsp3) is 0.389. The molecule has 129 valence electrons. The number of hydrogen-bond acceptors (Lipinski definition) is 3. The van der Waals surface area contributed by atoms with E-state index in [9.17, 15) is 4.39 Å². The Kier molecular flexibility index (Phi) is 8.78. The number of fused-ring (bicyclic) bond motifs is 3. The molecule has 0 saturated heterocycles. The van der Waals surface area contributed by atoms with Gasteiger partial charge >= 0.3 is 0 Å². The van der Waals surface area contributed by atoms with Crippen LogP contribution >= 0.6 is 0 Å². The second kappa shape index (κ2) is 9.23. The van der Waals surface area contributed by atoms with E-state index in [1.54, 1.807) is 6.07 Å². The number of halogens is 1. The maximum Gasteiger partial charge on any atom is 0.0382 e. The van der Waals surface area contributed by atoms with Crippen LogP contribution in [0.5, 0.6) is 0 Å². The Morgan fingerprint density at radius 2 is 1.83 bits per heavy atom. The average Bonchev–Trinajstić information content (AvgIpc) is 2.79. The van der Waals surface area contributed by atoms with Crippen LogP contribution in [0.4, 0.5) is 4.39 Å². The number of rotatable bonds is 1. The quantitative estimate of drug-likeness (QED) is 0.597. The van der Waals surface area contributed by atoms with Gasteiger partial charge in [0.15, 0.2) is 0 Å². The van der Waals surface area contributed by atoms with E-state index in [1.165, 1.54) is 17.2 Å². The van der Waals surface area contributed by atoms with Crippen molar-refractivity contribution in [3.8, 4) is 11.3 Å². The molecule has 5 heteroatoms. The summed E-state index contributed by atoms with van der Waals surface area (Å²) < 4.78 is 13.5. The van der Waals surface area contributed by atoms with Crippen LogP contribution in [-0.4, -0.2) is 29.4 Å². The van der Waals surface area contributed by atoms with E-state index >= 15 is 0 Å². The first kappa shape index (κ1) is 21.9. The van der Waals surface area contributed by atoms with E-state index in [0.717, 1.165) is 37.5 Å². The molecule has 2 aromatic rings. The largest absolute Gasteiger partial charge is 0.400 e. The third-order valence-corrected chi connectivity index (χ3v) is 3.86. The summed E-state index contributed by atoms with van der Waals surface area (Å²) in [6.07, 6.45) is 2.80. The van der Waals surface area contributed by atoms with Crippen LogP contribution in [0, 0.1) is 11.9 Å². The van der Waals surface area contributed by atoms with Crippen molar-refractivity contribution in [2.45, 2.75) is 32.6 Å². The number of aliphatic hydroxyl groups is 2. The zero-order chi connectivity index (χ0) is 16.9. The van der Waals surface area contributed by atoms with Gasteiger partial charge in [0.25, 0.3) is 0 Å². The van der Waals surface area contributed by atoms with Crippen molar-refractivity contribution < 1.29 is 34.7 Å². The van der Waals surface area contributed by atoms with Gasteiger partial charge < -0.3 is 15.2 Å². The van der Waals surface area contributed by atoms with Crippen LogP contribution in [0.3, 0.4) is 0 Å². The minimum absolute atomic E-state index is 0. The van der Waals surface area contributed by atoms with Gasteiger partial charge in [-0.1, -0.05) is 31.9 Å². The predicted octanol–water partition coefficient (Wildman–Crippen LogP) is 3.10. The number of aliphatic hydroxyl groups excluding tert-OH is 2. The zero-order valence-corrected chi connectivity index (χ0v) is 16.5. The summed E-state index contributed by atoms with van der Waals surface area (Å²) >= 11 is 0. The van der Waals surface area contributed by atoms with Gasteiger partial charge in [0.1, 0.15) is 0 Å². The van der Waals surface area contributed by atoms with Crippen molar-refractivity contribution >= 4 is 0 Å². The van der Waals surface area contributed by atoms with E-state index in [0.29, 0.717) is 0 Å². The Bertz CT molecular complexity index is 645. The van der Waals surface area contributed by atoms with Crippen LogP contribution in [0.1, 0.15) is 37.5 Å². The Morgan fingerprint density at radius 3 is 2.39 bits per heavy atom. The van der Waals surface area contributed by atoms with Crippen molar-refractivity contribution in [2.75, 3.05) is 14.2 Å². The molecule has 0 spiro atoms. The van der Waals surface area contributed by atoms with Crippen molar-refractivity contribution in [1.29, 1.82) is 0 Å². The molecule has 23 heavy (non-hydrogen) atoms. The molecule has 1 aromatic carbocycles. The van der Waals surface area contributed by atoms with E-state index in [-0.39, 0.29) is 31.3 Å². The number of benzene rings is 1. The van der Waals surface area contributed by atoms with Crippen LogP contribution in [-0.2, 0) is 31.9 Å². The van der Waals surface area contributed by atoms with Crippen LogP contribution in [0.15, 0.2) is 24.4 Å². The van der Waals surface area contributed by atoms with Crippen molar-refractivity contribution in [3.05, 3.63) is 53.0 Å². The topological polar surface area (TPSA) is 53.4 Å². The first-order valence-corrected chi connectivity index (χ1v) is 7.15. The SMILES string of the molecule is CCc1ccnc2c1C(C)(C)c1cc(F)c[c-]c1-2.CO.CO.[Ir]. The van der Waals surface area contributed by atoms with Gasteiger partial charge in [-0.2, -0.15) is 0 Å². The molecule has 0 amide bonds. The Morgan fingerprint density at radius 1 is 1.22 bits per heavy atom. The number of pyridine rings is 1. The maximum absolute atomic E-state index is 13.5. The van der Waals surface area contributed by atoms with E-state index < -0.39 is 0 Å². The number of aryl methyl sites for hydroxylation is 1. The van der Waals surface area contributed by atoms with E-state index in [4.69, 9.17) is 10.2 Å². The number of nitrogens with zero attached hydrogens (tertiary/aromatic N) is 1. The molecule has 3 rings (SSSR count). The average molecular weight is 497 g/mol. The van der Waals surface area contributed by atoms with Gasteiger partial charge in [0.05, 0.1) is 0 Å². The van der Waals surface area contributed by atoms with E-state index in [1.807, 2.05) is 6.20 Å². The van der Waals surface area contributed by atoms with Gasteiger partial charge in [0.2, 0.25) is 0 Å². The van der Waals surface area contributed by atoms with Crippen molar-refractivity contribution in [1.82, 2.24) is 4.98 Å². The molecule has 0 atom stereocenters. The second-order valence-electron chi connectivity index (χ2n) is 5.28. The third kappa shape index (κ3) is 3.86. The fourth-order valence-electron chi connectivity index (χ4n) is 2.98. The summed E-state index contributed by atoms with van der Waals surface area (Å²) in [6, 6.07) is 8.11. The molecule has 3 nitrogen and oxygen atoms in total. The van der Waals surface area contributed by atoms with Gasteiger partial charge in [-0.05, 0) is 23.6 Å². The van der Waals surface area contributed by atoms with E-state index in [2.05, 4.69) is 37.9 Å². The zero-order valence-electron chi connectivity index (χ0n) is 14.1. The Balaban J connectivity index is 0.000000901. The number of aromatic nitrogens is 1. The van der Waals surface area contributed by atoms with Crippen molar-refractivity contribution in [2.24, 2.45) is 0 Å². The minimum Gasteiger partial charge on any atom is -0.400 e. The van der Waals surface area contributed by atoms with Gasteiger partial charge in [-0.3, -0.25) is 4.39 Å². The van der Waals surface area contributed by atoms with Gasteiger partial charge in [-0.25, -0.2) is 0 Å². The Hall–Kier alpha value is -1.13. The number of hydrogen-bond donors (Lipinski definition) is 2. The molecule has 1 aliphatic rings. The summed E-state index contributed by atoms with van der Waals surface area (Å²) in [6.45, 7) is 6.40. The molecule has 1 heterocycles. The first-order chi connectivity index (χ1) is 10.6. The van der Waals surface area contributed by atoms with Crippen LogP contribution in [0.25, 0.3) is 11.3 Å². The molecular weight excluding hydrogens is 473 g/mol. The molecule has 0 aliphatic heterocycles. The summed E-state index contributed by atoms with van der Waals surface area (Å²) in [5, 5.41) is 14.0. The summed E-state index contributed by atoms with van der Waals surface area (Å²) in [5.41, 5.74) is 5.23. The molecule has 0 unspecified atom stereocenters. The standard InChI is InChI=1S/C16H15FN.2CH4O.Ir/c1-4-10-7-8-18-15-12-6-5-11(17)9-13(12)16(2,3)14(10)15;2*1-2;/h5,7-9H,4H2,1-3H3;2*2H,1H3;/q-1;;;. The molecule has 0 saturated carbocycles. The van der Waals surface area contributed by atoms with Gasteiger partial charge in [-0.15, -0.1) is 29.3 Å². The maximum atomic E-state index is 13.5. The summed E-state index contributed by atoms with van der Waals surface area (Å²) in [5.74, 6) is -0.229. The molecule has 1 radical (unpaired) electrons. The minimum atomic E-state index is -0.229. The molecule has 0 bridgehead atoms. The normalized spacial score (nSPS) is 12.5. The second-order valence-corrected chi connectivity index (χ2v) is 5.28. The molecule has 2 N–H and O–H groups in total. The van der Waals surface area contributed by atoms with Crippen LogP contribution in [0.2, 0.25) is 0 Å². The third-order valence-electron chi connectivity index (χ3n) is 3.86. The molecule has 1 aromatic heterocycles. The van der Waals surface area contributed by atoms with Gasteiger partial charge in [0, 0.05) is 46.3 Å². The van der Waals surface area contributed by atoms with Crippen LogP contribution < -0.4 is 0 Å². The monoisotopic (exact) mass is 497 g/mol. The molecule has 1 aliphatic carbocycles. The first-order valence-electron chi connectivity index (χ1n) is 7.15. The smallest absolute Gasteiger partial charge is 0.0382 e. The predicted molar refractivity (Wildman–Crippen MR) is 86.3 cm³/mol. The summed E-state index contributed by atoms with van der Waals surface area (Å²) in [4.78, 5) is 4.48.